The van der Waals surface area contributed by atoms with Crippen LogP contribution >= 0.6 is 7.82 Å². The summed E-state index contributed by atoms with van der Waals surface area (Å²) in [6.45, 7) is 3.52. The van der Waals surface area contributed by atoms with Gasteiger partial charge in [0.25, 0.3) is 0 Å². The van der Waals surface area contributed by atoms with Gasteiger partial charge in [-0.25, -0.2) is 4.57 Å². The first kappa shape index (κ1) is 44.5. The van der Waals surface area contributed by atoms with Crippen molar-refractivity contribution in [2.45, 2.75) is 187 Å². The highest BCUT2D eigenvalue weighted by Gasteiger charge is 2.26. The van der Waals surface area contributed by atoms with Crippen molar-refractivity contribution in [1.29, 1.82) is 0 Å². The van der Waals surface area contributed by atoms with E-state index in [1.54, 1.807) is 0 Å². The Balaban J connectivity index is 4.19. The van der Waals surface area contributed by atoms with Gasteiger partial charge in [-0.3, -0.25) is 13.8 Å². The molecule has 0 aromatic carbocycles. The van der Waals surface area contributed by atoms with Crippen LogP contribution in [0.25, 0.3) is 0 Å². The Morgan fingerprint density at radius 2 is 1.00 bits per heavy atom. The highest BCUT2D eigenvalue weighted by Crippen LogP contribution is 2.43. The normalized spacial score (nSPS) is 14.3. The molecule has 0 bridgehead atoms. The summed E-state index contributed by atoms with van der Waals surface area (Å²) in [7, 11) is -4.50. The number of ether oxygens (including phenoxy) is 2. The SMILES string of the molecule is CCCCCCCCCCCCCCCCOC[C@H](COP(=O)(O)OC[C@@H](O)CO)OC(=O)CCCCCCCCCCCC. The predicted octanol–water partition coefficient (Wildman–Crippen LogP) is 9.19. The zero-order valence-corrected chi connectivity index (χ0v) is 30.0. The Hall–Kier alpha value is -0.540. The van der Waals surface area contributed by atoms with Crippen LogP contribution in [-0.4, -0.2) is 66.3 Å². The van der Waals surface area contributed by atoms with Crippen LogP contribution in [0.1, 0.15) is 174 Å². The predicted molar refractivity (Wildman–Crippen MR) is 182 cm³/mol. The van der Waals surface area contributed by atoms with E-state index in [-0.39, 0.29) is 25.6 Å². The summed E-state index contributed by atoms with van der Waals surface area (Å²) in [5, 5.41) is 18.2. The Morgan fingerprint density at radius 1 is 0.600 bits per heavy atom. The molecule has 3 N–H and O–H groups in total. The molecule has 0 heterocycles. The quantitative estimate of drug-likeness (QED) is 0.0340. The van der Waals surface area contributed by atoms with Gasteiger partial charge in [-0.15, -0.1) is 0 Å². The van der Waals surface area contributed by atoms with Gasteiger partial charge < -0.3 is 24.6 Å². The van der Waals surface area contributed by atoms with E-state index in [0.717, 1.165) is 32.1 Å². The largest absolute Gasteiger partial charge is 0.472 e. The molecule has 3 atom stereocenters. The van der Waals surface area contributed by atoms with Crippen LogP contribution in [0.3, 0.4) is 0 Å². The molecule has 10 heteroatoms. The fourth-order valence-corrected chi connectivity index (χ4v) is 5.97. The van der Waals surface area contributed by atoms with E-state index in [4.69, 9.17) is 23.6 Å². The van der Waals surface area contributed by atoms with Crippen molar-refractivity contribution in [3.05, 3.63) is 0 Å². The van der Waals surface area contributed by atoms with Gasteiger partial charge in [0.1, 0.15) is 12.2 Å². The summed E-state index contributed by atoms with van der Waals surface area (Å²) in [6.07, 6.45) is 27.7. The molecule has 0 aliphatic rings. The number of hydrogen-bond donors (Lipinski definition) is 3. The molecule has 0 saturated heterocycles. The summed E-state index contributed by atoms with van der Waals surface area (Å²) < 4.78 is 33.2. The first-order valence-corrected chi connectivity index (χ1v) is 20.0. The van der Waals surface area contributed by atoms with Crippen molar-refractivity contribution < 1.29 is 43.0 Å². The van der Waals surface area contributed by atoms with E-state index in [1.807, 2.05) is 0 Å². The summed E-state index contributed by atoms with van der Waals surface area (Å²) in [6, 6.07) is 0. The molecule has 270 valence electrons. The smallest absolute Gasteiger partial charge is 0.457 e. The molecule has 0 rings (SSSR count). The molecule has 0 amide bonds. The maximum atomic E-state index is 12.5. The van der Waals surface area contributed by atoms with Crippen molar-refractivity contribution >= 4 is 13.8 Å². The number of aliphatic hydroxyl groups excluding tert-OH is 2. The zero-order chi connectivity index (χ0) is 33.3. The highest BCUT2D eigenvalue weighted by atomic mass is 31.2. The van der Waals surface area contributed by atoms with Crippen LogP contribution in [0.5, 0.6) is 0 Å². The molecule has 0 fully saturated rings. The third-order valence-corrected chi connectivity index (χ3v) is 8.99. The number of aliphatic hydroxyl groups is 2. The molecule has 0 radical (unpaired) electrons. The summed E-state index contributed by atoms with van der Waals surface area (Å²) in [4.78, 5) is 22.4. The van der Waals surface area contributed by atoms with E-state index in [2.05, 4.69) is 13.8 Å². The number of carbonyl (C=O) groups excluding carboxylic acids is 1. The Kier molecular flexibility index (Phi) is 33.0. The number of unbranched alkanes of at least 4 members (excludes halogenated alkanes) is 22. The van der Waals surface area contributed by atoms with Crippen molar-refractivity contribution in [2.24, 2.45) is 0 Å². The summed E-state index contributed by atoms with van der Waals surface area (Å²) in [5.41, 5.74) is 0. The van der Waals surface area contributed by atoms with Crippen molar-refractivity contribution in [3.8, 4) is 0 Å². The maximum Gasteiger partial charge on any atom is 0.472 e. The molecule has 0 aliphatic heterocycles. The zero-order valence-electron chi connectivity index (χ0n) is 29.1. The second-order valence-electron chi connectivity index (χ2n) is 12.6. The topological polar surface area (TPSA) is 132 Å². The fourth-order valence-electron chi connectivity index (χ4n) is 5.18. The van der Waals surface area contributed by atoms with Gasteiger partial charge in [0, 0.05) is 13.0 Å². The van der Waals surface area contributed by atoms with E-state index in [1.165, 1.54) is 122 Å². The lowest BCUT2D eigenvalue weighted by molar-refractivity contribution is -0.154. The van der Waals surface area contributed by atoms with Crippen LogP contribution in [-0.2, 0) is 27.9 Å². The fraction of sp³-hybridized carbons (Fsp3) is 0.971. The van der Waals surface area contributed by atoms with Gasteiger partial charge in [0.05, 0.1) is 26.4 Å². The number of carbonyl (C=O) groups is 1. The summed E-state index contributed by atoms with van der Waals surface area (Å²) in [5.74, 6) is -0.382. The minimum atomic E-state index is -4.50. The molecule has 0 aromatic heterocycles. The lowest BCUT2D eigenvalue weighted by Crippen LogP contribution is -2.29. The molecule has 45 heavy (non-hydrogen) atoms. The van der Waals surface area contributed by atoms with Crippen LogP contribution in [0.4, 0.5) is 0 Å². The van der Waals surface area contributed by atoms with Crippen molar-refractivity contribution in [1.82, 2.24) is 0 Å². The van der Waals surface area contributed by atoms with Crippen LogP contribution in [0.2, 0.25) is 0 Å². The van der Waals surface area contributed by atoms with E-state index in [0.29, 0.717) is 6.61 Å². The average Bonchev–Trinajstić information content (AvgIpc) is 3.03. The van der Waals surface area contributed by atoms with Gasteiger partial charge >= 0.3 is 13.8 Å². The minimum absolute atomic E-state index is 0.0570. The lowest BCUT2D eigenvalue weighted by Gasteiger charge is -2.20. The van der Waals surface area contributed by atoms with Gasteiger partial charge in [0.15, 0.2) is 0 Å². The van der Waals surface area contributed by atoms with Crippen LogP contribution in [0.15, 0.2) is 0 Å². The molecule has 0 spiro atoms. The molecule has 9 nitrogen and oxygen atoms in total. The van der Waals surface area contributed by atoms with E-state index in [9.17, 15) is 19.4 Å². The van der Waals surface area contributed by atoms with E-state index < -0.39 is 33.2 Å². The summed E-state index contributed by atoms with van der Waals surface area (Å²) >= 11 is 0. The number of phosphoric acid groups is 1. The molecule has 1 unspecified atom stereocenters. The molecule has 0 aromatic rings. The van der Waals surface area contributed by atoms with Gasteiger partial charge in [-0.2, -0.15) is 0 Å². The number of rotatable bonds is 36. The average molecular weight is 667 g/mol. The molecule has 0 aliphatic carbocycles. The molecular weight excluding hydrogens is 595 g/mol. The molecular formula is C35H71O9P. The first-order valence-electron chi connectivity index (χ1n) is 18.5. The van der Waals surface area contributed by atoms with Gasteiger partial charge in [-0.05, 0) is 12.8 Å². The van der Waals surface area contributed by atoms with Gasteiger partial charge in [-0.1, -0.05) is 155 Å². The van der Waals surface area contributed by atoms with Gasteiger partial charge in [0.2, 0.25) is 0 Å². The van der Waals surface area contributed by atoms with Crippen LogP contribution in [0, 0.1) is 0 Å². The highest BCUT2D eigenvalue weighted by molar-refractivity contribution is 7.47. The second-order valence-corrected chi connectivity index (χ2v) is 14.1. The van der Waals surface area contributed by atoms with Crippen molar-refractivity contribution in [3.63, 3.8) is 0 Å². The number of esters is 1. The standard InChI is InChI=1S/C35H71O9P/c1-3-5-7-9-11-13-15-16-17-18-20-22-24-26-28-41-31-34(32-43-45(39,40)42-30-33(37)29-36)44-35(38)27-25-23-21-19-14-12-10-8-6-4-2/h33-34,36-37H,3-32H2,1-2H3,(H,39,40)/t33-,34+/m0/s1. The second kappa shape index (κ2) is 33.4. The Labute approximate surface area is 276 Å². The number of hydrogen-bond acceptors (Lipinski definition) is 8. The lowest BCUT2D eigenvalue weighted by atomic mass is 10.0. The Morgan fingerprint density at radius 3 is 1.44 bits per heavy atom. The monoisotopic (exact) mass is 666 g/mol. The number of phosphoric ester groups is 1. The third-order valence-electron chi connectivity index (χ3n) is 8.04. The Bertz CT molecular complexity index is 680. The third kappa shape index (κ3) is 33.2. The first-order chi connectivity index (χ1) is 21.8. The maximum absolute atomic E-state index is 12.5. The van der Waals surface area contributed by atoms with Crippen molar-refractivity contribution in [2.75, 3.05) is 33.0 Å². The van der Waals surface area contributed by atoms with Crippen LogP contribution < -0.4 is 0 Å². The van der Waals surface area contributed by atoms with E-state index >= 15 is 0 Å². The minimum Gasteiger partial charge on any atom is -0.457 e. The molecule has 0 saturated carbocycles.